The first-order valence-electron chi connectivity index (χ1n) is 5.15. The zero-order chi connectivity index (χ0) is 12.3. The number of phenols is 1. The average Bonchev–Trinajstić information content (AvgIpc) is 2.15. The van der Waals surface area contributed by atoms with Crippen LogP contribution in [0.3, 0.4) is 0 Å². The molecule has 0 heterocycles. The zero-order valence-corrected chi connectivity index (χ0v) is 11.3. The second kappa shape index (κ2) is 5.34. The molecule has 1 aromatic carbocycles. The number of hydrogen-bond donors (Lipinski definition) is 1. The van der Waals surface area contributed by atoms with Crippen molar-refractivity contribution in [3.63, 3.8) is 0 Å². The number of rotatable bonds is 3. The fourth-order valence-corrected chi connectivity index (χ4v) is 1.87. The molecule has 88 valence electrons. The minimum Gasteiger partial charge on any atom is -0.507 e. The van der Waals surface area contributed by atoms with Crippen molar-refractivity contribution in [3.05, 3.63) is 28.2 Å². The van der Waals surface area contributed by atoms with Crippen molar-refractivity contribution in [1.82, 2.24) is 4.90 Å². The molecule has 0 fully saturated rings. The van der Waals surface area contributed by atoms with Gasteiger partial charge in [0.15, 0.2) is 0 Å². The molecule has 3 nitrogen and oxygen atoms in total. The number of amides is 1. The van der Waals surface area contributed by atoms with Gasteiger partial charge in [-0.3, -0.25) is 4.79 Å². The number of carbonyl (C=O) groups excluding carboxylic acids is 1. The van der Waals surface area contributed by atoms with Gasteiger partial charge in [0.05, 0.1) is 5.56 Å². The van der Waals surface area contributed by atoms with Crippen LogP contribution >= 0.6 is 15.9 Å². The monoisotopic (exact) mass is 285 g/mol. The van der Waals surface area contributed by atoms with E-state index in [4.69, 9.17) is 0 Å². The normalized spacial score (nSPS) is 10.6. The number of hydrogen-bond acceptors (Lipinski definition) is 2. The lowest BCUT2D eigenvalue weighted by atomic mass is 10.1. The van der Waals surface area contributed by atoms with E-state index in [0.717, 1.165) is 4.47 Å². The number of nitrogens with zero attached hydrogens (tertiary/aromatic N) is 1. The van der Waals surface area contributed by atoms with Gasteiger partial charge < -0.3 is 10.0 Å². The van der Waals surface area contributed by atoms with Crippen LogP contribution in [-0.4, -0.2) is 29.5 Å². The van der Waals surface area contributed by atoms with Crippen LogP contribution in [0.5, 0.6) is 5.75 Å². The highest BCUT2D eigenvalue weighted by Gasteiger charge is 2.16. The van der Waals surface area contributed by atoms with Crippen molar-refractivity contribution < 1.29 is 9.90 Å². The van der Waals surface area contributed by atoms with E-state index in [1.807, 2.05) is 13.8 Å². The predicted molar refractivity (Wildman–Crippen MR) is 67.6 cm³/mol. The Labute approximate surface area is 104 Å². The van der Waals surface area contributed by atoms with Crippen molar-refractivity contribution >= 4 is 21.8 Å². The number of benzene rings is 1. The summed E-state index contributed by atoms with van der Waals surface area (Å²) in [7, 11) is 1.74. The lowest BCUT2D eigenvalue weighted by Gasteiger charge is -2.19. The summed E-state index contributed by atoms with van der Waals surface area (Å²) in [4.78, 5) is 13.6. The second-order valence-corrected chi connectivity index (χ2v) is 5.16. The van der Waals surface area contributed by atoms with Gasteiger partial charge in [-0.05, 0) is 24.1 Å². The summed E-state index contributed by atoms with van der Waals surface area (Å²) in [5.74, 6) is 0.264. The molecular formula is C12H16BrNO2. The van der Waals surface area contributed by atoms with Crippen LogP contribution in [0.25, 0.3) is 0 Å². The molecule has 0 aliphatic carbocycles. The molecule has 16 heavy (non-hydrogen) atoms. The smallest absolute Gasteiger partial charge is 0.257 e. The first-order chi connectivity index (χ1) is 7.41. The summed E-state index contributed by atoms with van der Waals surface area (Å²) < 4.78 is 0.757. The van der Waals surface area contributed by atoms with Gasteiger partial charge in [0.2, 0.25) is 0 Å². The molecule has 4 heteroatoms. The molecule has 0 aliphatic rings. The van der Waals surface area contributed by atoms with E-state index in [1.54, 1.807) is 24.1 Å². The highest BCUT2D eigenvalue weighted by Crippen LogP contribution is 2.23. The van der Waals surface area contributed by atoms with E-state index in [0.29, 0.717) is 18.0 Å². The molecule has 0 spiro atoms. The summed E-state index contributed by atoms with van der Waals surface area (Å²) in [5.41, 5.74) is 0.339. The fourth-order valence-electron chi connectivity index (χ4n) is 1.52. The van der Waals surface area contributed by atoms with E-state index >= 15 is 0 Å². The van der Waals surface area contributed by atoms with E-state index in [1.165, 1.54) is 6.07 Å². The first-order valence-corrected chi connectivity index (χ1v) is 5.95. The third-order valence-electron chi connectivity index (χ3n) is 2.18. The van der Waals surface area contributed by atoms with Crippen LogP contribution in [0.2, 0.25) is 0 Å². The minimum absolute atomic E-state index is 0.00924. The van der Waals surface area contributed by atoms with Gasteiger partial charge in [0.1, 0.15) is 5.75 Å². The van der Waals surface area contributed by atoms with E-state index < -0.39 is 0 Å². The molecule has 0 aliphatic heterocycles. The van der Waals surface area contributed by atoms with Crippen molar-refractivity contribution in [1.29, 1.82) is 0 Å². The highest BCUT2D eigenvalue weighted by molar-refractivity contribution is 9.10. The van der Waals surface area contributed by atoms with Crippen molar-refractivity contribution in [2.75, 3.05) is 13.6 Å². The van der Waals surface area contributed by atoms with Crippen molar-refractivity contribution in [2.45, 2.75) is 13.8 Å². The average molecular weight is 286 g/mol. The SMILES string of the molecule is CC(C)CN(C)C(=O)c1ccc(Br)cc1O. The Morgan fingerprint density at radius 2 is 2.12 bits per heavy atom. The Bertz CT molecular complexity index is 391. The van der Waals surface area contributed by atoms with Gasteiger partial charge in [-0.15, -0.1) is 0 Å². The molecule has 0 aromatic heterocycles. The largest absolute Gasteiger partial charge is 0.507 e. The van der Waals surface area contributed by atoms with Crippen LogP contribution in [0.1, 0.15) is 24.2 Å². The van der Waals surface area contributed by atoms with Gasteiger partial charge in [-0.25, -0.2) is 0 Å². The van der Waals surface area contributed by atoms with Crippen LogP contribution in [0.4, 0.5) is 0 Å². The van der Waals surface area contributed by atoms with E-state index in [-0.39, 0.29) is 11.7 Å². The lowest BCUT2D eigenvalue weighted by molar-refractivity contribution is 0.0776. The molecular weight excluding hydrogens is 270 g/mol. The maximum absolute atomic E-state index is 12.0. The summed E-state index contributed by atoms with van der Waals surface area (Å²) >= 11 is 3.24. The Kier molecular flexibility index (Phi) is 4.35. The van der Waals surface area contributed by atoms with Crippen LogP contribution in [0, 0.1) is 5.92 Å². The molecule has 0 radical (unpaired) electrons. The number of halogens is 1. The maximum atomic E-state index is 12.0. The maximum Gasteiger partial charge on any atom is 0.257 e. The lowest BCUT2D eigenvalue weighted by Crippen LogP contribution is -2.30. The Hall–Kier alpha value is -1.03. The summed E-state index contributed by atoms with van der Waals surface area (Å²) in [6, 6.07) is 4.89. The Morgan fingerprint density at radius 3 is 2.62 bits per heavy atom. The van der Waals surface area contributed by atoms with Crippen molar-refractivity contribution in [3.8, 4) is 5.75 Å². The van der Waals surface area contributed by atoms with Gasteiger partial charge in [-0.2, -0.15) is 0 Å². The standard InChI is InChI=1S/C12H16BrNO2/c1-8(2)7-14(3)12(16)10-5-4-9(13)6-11(10)15/h4-6,8,15H,7H2,1-3H3. The third kappa shape index (κ3) is 3.23. The Balaban J connectivity index is 2.88. The number of phenolic OH excluding ortho intramolecular Hbond substituents is 1. The van der Waals surface area contributed by atoms with Crippen LogP contribution in [-0.2, 0) is 0 Å². The Morgan fingerprint density at radius 1 is 1.50 bits per heavy atom. The highest BCUT2D eigenvalue weighted by atomic mass is 79.9. The summed E-state index contributed by atoms with van der Waals surface area (Å²) in [6.45, 7) is 4.77. The minimum atomic E-state index is -0.154. The third-order valence-corrected chi connectivity index (χ3v) is 2.67. The molecule has 0 atom stereocenters. The van der Waals surface area contributed by atoms with Gasteiger partial charge in [0, 0.05) is 18.1 Å². The summed E-state index contributed by atoms with van der Waals surface area (Å²) in [5, 5.41) is 9.67. The van der Waals surface area contributed by atoms with Crippen LogP contribution < -0.4 is 0 Å². The van der Waals surface area contributed by atoms with E-state index in [2.05, 4.69) is 15.9 Å². The molecule has 1 rings (SSSR count). The van der Waals surface area contributed by atoms with Gasteiger partial charge in [0.25, 0.3) is 5.91 Å². The number of aromatic hydroxyl groups is 1. The van der Waals surface area contributed by atoms with Gasteiger partial charge >= 0.3 is 0 Å². The molecule has 0 saturated carbocycles. The topological polar surface area (TPSA) is 40.5 Å². The summed E-state index contributed by atoms with van der Waals surface area (Å²) in [6.07, 6.45) is 0. The molecule has 1 amide bonds. The molecule has 0 bridgehead atoms. The van der Waals surface area contributed by atoms with E-state index in [9.17, 15) is 9.90 Å². The zero-order valence-electron chi connectivity index (χ0n) is 9.70. The quantitative estimate of drug-likeness (QED) is 0.928. The van der Waals surface area contributed by atoms with Crippen molar-refractivity contribution in [2.24, 2.45) is 5.92 Å². The predicted octanol–water partition coefficient (Wildman–Crippen LogP) is 2.88. The van der Waals surface area contributed by atoms with Crippen LogP contribution in [0.15, 0.2) is 22.7 Å². The van der Waals surface area contributed by atoms with Gasteiger partial charge in [-0.1, -0.05) is 29.8 Å². The molecule has 1 N–H and O–H groups in total. The second-order valence-electron chi connectivity index (χ2n) is 4.24. The fraction of sp³-hybridized carbons (Fsp3) is 0.417. The molecule has 0 unspecified atom stereocenters. The first kappa shape index (κ1) is 13.0. The molecule has 0 saturated heterocycles. The molecule has 1 aromatic rings. The number of carbonyl (C=O) groups is 1.